The summed E-state index contributed by atoms with van der Waals surface area (Å²) < 4.78 is 2.07. The summed E-state index contributed by atoms with van der Waals surface area (Å²) in [5.41, 5.74) is 8.22. The van der Waals surface area contributed by atoms with E-state index in [1.54, 1.807) is 6.20 Å². The van der Waals surface area contributed by atoms with Crippen LogP contribution in [-0.2, 0) is 11.2 Å². The number of pyridine rings is 1. The fraction of sp³-hybridized carbons (Fsp3) is 0.350. The van der Waals surface area contributed by atoms with Crippen LogP contribution in [0.3, 0.4) is 0 Å². The highest BCUT2D eigenvalue weighted by Gasteiger charge is 2.47. The molecule has 1 saturated carbocycles. The predicted molar refractivity (Wildman–Crippen MR) is 96.8 cm³/mol. The van der Waals surface area contributed by atoms with Gasteiger partial charge in [0.1, 0.15) is 5.52 Å². The van der Waals surface area contributed by atoms with E-state index in [4.69, 9.17) is 5.73 Å². The van der Waals surface area contributed by atoms with E-state index in [1.807, 2.05) is 36.7 Å². The van der Waals surface area contributed by atoms with Crippen LogP contribution in [0.1, 0.15) is 37.3 Å². The second kappa shape index (κ2) is 6.31. The summed E-state index contributed by atoms with van der Waals surface area (Å²) >= 11 is 0. The van der Waals surface area contributed by atoms with Gasteiger partial charge < -0.3 is 10.3 Å². The molecule has 3 aromatic rings. The van der Waals surface area contributed by atoms with Crippen molar-refractivity contribution in [2.75, 3.05) is 0 Å². The van der Waals surface area contributed by atoms with Crippen molar-refractivity contribution in [1.82, 2.24) is 14.5 Å². The minimum atomic E-state index is -0.606. The Kier molecular flexibility index (Phi) is 3.99. The quantitative estimate of drug-likeness (QED) is 0.796. The van der Waals surface area contributed by atoms with E-state index in [-0.39, 0.29) is 11.9 Å². The number of primary amides is 1. The molecule has 1 amide bonds. The van der Waals surface area contributed by atoms with Crippen molar-refractivity contribution in [1.29, 1.82) is 0 Å². The Hall–Kier alpha value is -2.69. The largest absolute Gasteiger partial charge is 0.369 e. The Bertz CT molecular complexity index is 889. The molecule has 0 saturated heterocycles. The zero-order valence-electron chi connectivity index (χ0n) is 14.1. The standard InChI is InChI=1S/C20H22N4O/c21-19(25)20(13-15-7-2-1-3-8-15)11-5-4-10-17(20)24-14-23-16-9-6-12-22-18(16)24/h1-3,6-9,12,14,17H,4-5,10-11,13H2,(H2,21,25). The van der Waals surface area contributed by atoms with Crippen molar-refractivity contribution in [3.63, 3.8) is 0 Å². The third kappa shape index (κ3) is 2.69. The summed E-state index contributed by atoms with van der Waals surface area (Å²) in [5, 5.41) is 0. The Labute approximate surface area is 146 Å². The molecule has 25 heavy (non-hydrogen) atoms. The van der Waals surface area contributed by atoms with Gasteiger partial charge in [-0.1, -0.05) is 43.2 Å². The van der Waals surface area contributed by atoms with Crippen molar-refractivity contribution in [2.24, 2.45) is 11.1 Å². The Morgan fingerprint density at radius 2 is 2.00 bits per heavy atom. The minimum absolute atomic E-state index is 0.0149. The summed E-state index contributed by atoms with van der Waals surface area (Å²) in [7, 11) is 0. The van der Waals surface area contributed by atoms with E-state index in [0.29, 0.717) is 6.42 Å². The Morgan fingerprint density at radius 1 is 1.16 bits per heavy atom. The third-order valence-corrected chi connectivity index (χ3v) is 5.51. The summed E-state index contributed by atoms with van der Waals surface area (Å²) in [6.45, 7) is 0. The number of aromatic nitrogens is 3. The van der Waals surface area contributed by atoms with Crippen molar-refractivity contribution in [3.05, 3.63) is 60.6 Å². The van der Waals surface area contributed by atoms with Crippen LogP contribution >= 0.6 is 0 Å². The summed E-state index contributed by atoms with van der Waals surface area (Å²) in [6.07, 6.45) is 8.06. The van der Waals surface area contributed by atoms with E-state index >= 15 is 0 Å². The van der Waals surface area contributed by atoms with Crippen LogP contribution < -0.4 is 5.73 Å². The van der Waals surface area contributed by atoms with Crippen molar-refractivity contribution < 1.29 is 4.79 Å². The van der Waals surface area contributed by atoms with Crippen molar-refractivity contribution in [3.8, 4) is 0 Å². The molecular formula is C20H22N4O. The molecule has 2 N–H and O–H groups in total. The lowest BCUT2D eigenvalue weighted by molar-refractivity contribution is -0.132. The van der Waals surface area contributed by atoms with Gasteiger partial charge in [-0.15, -0.1) is 0 Å². The van der Waals surface area contributed by atoms with Gasteiger partial charge in [0.15, 0.2) is 5.65 Å². The van der Waals surface area contributed by atoms with E-state index in [0.717, 1.165) is 42.4 Å². The first-order chi connectivity index (χ1) is 12.2. The first kappa shape index (κ1) is 15.8. The van der Waals surface area contributed by atoms with Crippen LogP contribution in [0.4, 0.5) is 0 Å². The first-order valence-electron chi connectivity index (χ1n) is 8.82. The number of hydrogen-bond donors (Lipinski definition) is 1. The van der Waals surface area contributed by atoms with Gasteiger partial charge in [0.05, 0.1) is 17.8 Å². The molecule has 1 aliphatic rings. The number of nitrogens with zero attached hydrogens (tertiary/aromatic N) is 3. The average molecular weight is 334 g/mol. The number of carbonyl (C=O) groups is 1. The molecule has 1 fully saturated rings. The zero-order valence-corrected chi connectivity index (χ0v) is 14.1. The molecule has 2 heterocycles. The average Bonchev–Trinajstić information content (AvgIpc) is 3.07. The van der Waals surface area contributed by atoms with Gasteiger partial charge in [0.25, 0.3) is 0 Å². The Morgan fingerprint density at radius 3 is 2.80 bits per heavy atom. The van der Waals surface area contributed by atoms with Crippen molar-refractivity contribution in [2.45, 2.75) is 38.1 Å². The number of fused-ring (bicyclic) bond motifs is 1. The highest BCUT2D eigenvalue weighted by atomic mass is 16.1. The molecule has 0 aliphatic heterocycles. The van der Waals surface area contributed by atoms with Crippen molar-refractivity contribution >= 4 is 17.1 Å². The number of imidazole rings is 1. The van der Waals surface area contributed by atoms with Crippen LogP contribution in [-0.4, -0.2) is 20.4 Å². The molecule has 2 atom stereocenters. The third-order valence-electron chi connectivity index (χ3n) is 5.51. The molecule has 128 valence electrons. The molecule has 0 spiro atoms. The van der Waals surface area contributed by atoms with Crippen LogP contribution in [0, 0.1) is 5.41 Å². The maximum Gasteiger partial charge on any atom is 0.226 e. The number of carbonyl (C=O) groups excluding carboxylic acids is 1. The highest BCUT2D eigenvalue weighted by molar-refractivity contribution is 5.82. The minimum Gasteiger partial charge on any atom is -0.369 e. The molecule has 0 radical (unpaired) electrons. The van der Waals surface area contributed by atoms with Crippen LogP contribution in [0.25, 0.3) is 11.2 Å². The molecule has 0 bridgehead atoms. The van der Waals surface area contributed by atoms with Gasteiger partial charge in [-0.2, -0.15) is 0 Å². The van der Waals surface area contributed by atoms with Gasteiger partial charge in [0.2, 0.25) is 5.91 Å². The van der Waals surface area contributed by atoms with Gasteiger partial charge in [0, 0.05) is 6.20 Å². The lowest BCUT2D eigenvalue weighted by Crippen LogP contribution is -2.47. The SMILES string of the molecule is NC(=O)C1(Cc2ccccc2)CCCCC1n1cnc2cccnc21. The number of benzene rings is 1. The topological polar surface area (TPSA) is 73.8 Å². The molecule has 5 nitrogen and oxygen atoms in total. The maximum absolute atomic E-state index is 12.7. The van der Waals surface area contributed by atoms with Crippen LogP contribution in [0.2, 0.25) is 0 Å². The van der Waals surface area contributed by atoms with E-state index in [1.165, 1.54) is 0 Å². The van der Waals surface area contributed by atoms with Gasteiger partial charge >= 0.3 is 0 Å². The van der Waals surface area contributed by atoms with E-state index in [2.05, 4.69) is 26.7 Å². The predicted octanol–water partition coefficient (Wildman–Crippen LogP) is 3.26. The molecule has 4 rings (SSSR count). The van der Waals surface area contributed by atoms with Gasteiger partial charge in [-0.05, 0) is 37.0 Å². The number of rotatable bonds is 4. The fourth-order valence-corrected chi connectivity index (χ4v) is 4.26. The maximum atomic E-state index is 12.7. The molecule has 1 aliphatic carbocycles. The molecule has 2 unspecified atom stereocenters. The zero-order chi connectivity index (χ0) is 17.3. The Balaban J connectivity index is 1.81. The summed E-state index contributed by atoms with van der Waals surface area (Å²) in [6, 6.07) is 14.0. The normalized spacial score (nSPS) is 23.6. The summed E-state index contributed by atoms with van der Waals surface area (Å²) in [5.74, 6) is -0.223. The number of amides is 1. The molecule has 1 aromatic carbocycles. The first-order valence-corrected chi connectivity index (χ1v) is 8.82. The molecule has 5 heteroatoms. The second-order valence-corrected chi connectivity index (χ2v) is 6.94. The molecular weight excluding hydrogens is 312 g/mol. The smallest absolute Gasteiger partial charge is 0.226 e. The lowest BCUT2D eigenvalue weighted by Gasteiger charge is -2.42. The fourth-order valence-electron chi connectivity index (χ4n) is 4.26. The van der Waals surface area contributed by atoms with E-state index < -0.39 is 5.41 Å². The van der Waals surface area contributed by atoms with E-state index in [9.17, 15) is 4.79 Å². The number of nitrogens with two attached hydrogens (primary N) is 1. The second-order valence-electron chi connectivity index (χ2n) is 6.94. The summed E-state index contributed by atoms with van der Waals surface area (Å²) in [4.78, 5) is 21.7. The van der Waals surface area contributed by atoms with Gasteiger partial charge in [-0.3, -0.25) is 4.79 Å². The highest BCUT2D eigenvalue weighted by Crippen LogP contribution is 2.47. The lowest BCUT2D eigenvalue weighted by atomic mass is 9.66. The van der Waals surface area contributed by atoms with Crippen LogP contribution in [0.15, 0.2) is 55.0 Å². The molecule has 2 aromatic heterocycles. The monoisotopic (exact) mass is 334 g/mol. The van der Waals surface area contributed by atoms with Crippen LogP contribution in [0.5, 0.6) is 0 Å². The van der Waals surface area contributed by atoms with Gasteiger partial charge in [-0.25, -0.2) is 9.97 Å². The number of hydrogen-bond acceptors (Lipinski definition) is 3.